The molecule has 176 valence electrons. The zero-order valence-electron chi connectivity index (χ0n) is 19.5. The number of aromatic nitrogens is 2. The van der Waals surface area contributed by atoms with E-state index in [2.05, 4.69) is 20.2 Å². The van der Waals surface area contributed by atoms with E-state index in [0.717, 1.165) is 22.4 Å². The van der Waals surface area contributed by atoms with E-state index >= 15 is 0 Å². The summed E-state index contributed by atoms with van der Waals surface area (Å²) in [6.07, 6.45) is 4.05. The smallest absolute Gasteiger partial charge is 0.228 e. The second-order valence-electron chi connectivity index (χ2n) is 8.32. The highest BCUT2D eigenvalue weighted by molar-refractivity contribution is 5.92. The quantitative estimate of drug-likeness (QED) is 0.585. The number of rotatable bonds is 7. The Morgan fingerprint density at radius 1 is 0.941 bits per heavy atom. The summed E-state index contributed by atoms with van der Waals surface area (Å²) in [5, 5.41) is 2.91. The number of hydrogen-bond donors (Lipinski definition) is 1. The van der Waals surface area contributed by atoms with Crippen molar-refractivity contribution in [1.82, 2.24) is 14.9 Å². The van der Waals surface area contributed by atoms with Gasteiger partial charge >= 0.3 is 0 Å². The van der Waals surface area contributed by atoms with Gasteiger partial charge in [-0.25, -0.2) is 9.97 Å². The summed E-state index contributed by atoms with van der Waals surface area (Å²) in [5.74, 6) is 1.47. The molecule has 0 spiro atoms. The second kappa shape index (κ2) is 10.8. The molecule has 1 fully saturated rings. The van der Waals surface area contributed by atoms with E-state index < -0.39 is 0 Å². The van der Waals surface area contributed by atoms with Gasteiger partial charge in [-0.3, -0.25) is 9.59 Å². The van der Waals surface area contributed by atoms with Crippen LogP contribution in [-0.4, -0.2) is 60.0 Å². The summed E-state index contributed by atoms with van der Waals surface area (Å²) >= 11 is 0. The molecule has 1 aliphatic heterocycles. The van der Waals surface area contributed by atoms with E-state index in [4.69, 9.17) is 4.74 Å². The van der Waals surface area contributed by atoms with E-state index in [0.29, 0.717) is 44.2 Å². The zero-order chi connectivity index (χ0) is 23.9. The number of carbonyl (C=O) groups excluding carboxylic acids is 2. The minimum Gasteiger partial charge on any atom is -0.496 e. The molecule has 1 aliphatic rings. The lowest BCUT2D eigenvalue weighted by molar-refractivity contribution is -0.130. The van der Waals surface area contributed by atoms with Crippen LogP contribution in [0.1, 0.15) is 16.7 Å². The van der Waals surface area contributed by atoms with Gasteiger partial charge in [-0.15, -0.1) is 0 Å². The normalized spacial score (nSPS) is 13.5. The lowest BCUT2D eigenvalue weighted by Gasteiger charge is -2.34. The molecular formula is C26H29N5O3. The van der Waals surface area contributed by atoms with E-state index in [9.17, 15) is 9.59 Å². The first kappa shape index (κ1) is 23.2. The average Bonchev–Trinajstić information content (AvgIpc) is 2.87. The van der Waals surface area contributed by atoms with Crippen molar-refractivity contribution in [2.24, 2.45) is 0 Å². The molecule has 0 unspecified atom stereocenters. The Balaban J connectivity index is 1.26. The van der Waals surface area contributed by atoms with Crippen LogP contribution in [0.2, 0.25) is 0 Å². The maximum atomic E-state index is 12.7. The van der Waals surface area contributed by atoms with Crippen molar-refractivity contribution in [3.05, 3.63) is 77.6 Å². The molecule has 4 rings (SSSR count). The lowest BCUT2D eigenvalue weighted by Crippen LogP contribution is -2.49. The molecule has 0 bridgehead atoms. The molecule has 2 amide bonds. The van der Waals surface area contributed by atoms with Crippen molar-refractivity contribution in [2.45, 2.75) is 19.8 Å². The Bertz CT molecular complexity index is 1130. The Kier molecular flexibility index (Phi) is 7.37. The molecule has 1 N–H and O–H groups in total. The fraction of sp³-hybridized carbons (Fsp3) is 0.308. The maximum Gasteiger partial charge on any atom is 0.228 e. The number of methoxy groups -OCH3 is 1. The van der Waals surface area contributed by atoms with Crippen molar-refractivity contribution in [3.63, 3.8) is 0 Å². The number of hydrogen-bond acceptors (Lipinski definition) is 6. The zero-order valence-corrected chi connectivity index (χ0v) is 19.5. The number of benzene rings is 2. The van der Waals surface area contributed by atoms with E-state index in [1.54, 1.807) is 25.6 Å². The first-order valence-corrected chi connectivity index (χ1v) is 11.3. The lowest BCUT2D eigenvalue weighted by atomic mass is 10.1. The monoisotopic (exact) mass is 459 g/mol. The molecule has 2 heterocycles. The predicted molar refractivity (Wildman–Crippen MR) is 131 cm³/mol. The van der Waals surface area contributed by atoms with Crippen LogP contribution < -0.4 is 15.0 Å². The molecule has 3 aromatic rings. The number of amides is 2. The topological polar surface area (TPSA) is 87.7 Å². The van der Waals surface area contributed by atoms with Crippen LogP contribution in [-0.2, 0) is 22.4 Å². The van der Waals surface area contributed by atoms with Gasteiger partial charge in [0.05, 0.1) is 20.0 Å². The van der Waals surface area contributed by atoms with Gasteiger partial charge in [-0.1, -0.05) is 24.3 Å². The van der Waals surface area contributed by atoms with Crippen molar-refractivity contribution in [1.29, 1.82) is 0 Å². The molecule has 1 saturated heterocycles. The van der Waals surface area contributed by atoms with Gasteiger partial charge in [0.1, 0.15) is 5.75 Å². The predicted octanol–water partition coefficient (Wildman–Crippen LogP) is 2.87. The van der Waals surface area contributed by atoms with Crippen molar-refractivity contribution < 1.29 is 14.3 Å². The summed E-state index contributed by atoms with van der Waals surface area (Å²) in [4.78, 5) is 37.7. The van der Waals surface area contributed by atoms with Crippen molar-refractivity contribution in [2.75, 3.05) is 43.5 Å². The fourth-order valence-corrected chi connectivity index (χ4v) is 3.97. The molecule has 2 aromatic carbocycles. The van der Waals surface area contributed by atoms with Crippen LogP contribution >= 0.6 is 0 Å². The van der Waals surface area contributed by atoms with Crippen LogP contribution in [0, 0.1) is 6.92 Å². The average molecular weight is 460 g/mol. The first-order chi connectivity index (χ1) is 16.5. The van der Waals surface area contributed by atoms with Gasteiger partial charge in [0.25, 0.3) is 0 Å². The summed E-state index contributed by atoms with van der Waals surface area (Å²) in [5.41, 5.74) is 3.54. The number of carbonyl (C=O) groups is 2. The van der Waals surface area contributed by atoms with Crippen molar-refractivity contribution in [3.8, 4) is 5.75 Å². The first-order valence-electron chi connectivity index (χ1n) is 11.3. The van der Waals surface area contributed by atoms with Crippen LogP contribution in [0.25, 0.3) is 0 Å². The number of anilines is 2. The van der Waals surface area contributed by atoms with Gasteiger partial charge in [0.15, 0.2) is 0 Å². The van der Waals surface area contributed by atoms with Crippen LogP contribution in [0.4, 0.5) is 11.6 Å². The van der Waals surface area contributed by atoms with Crippen molar-refractivity contribution >= 4 is 23.5 Å². The SMILES string of the molecule is COc1cc(CC(=O)Nc2ccc(CC(=O)N3CCN(c4ncccn4)CC3)cc2)ccc1C. The van der Waals surface area contributed by atoms with E-state index in [1.165, 1.54) is 0 Å². The number of aryl methyl sites for hydroxylation is 1. The van der Waals surface area contributed by atoms with Gasteiger partial charge in [-0.2, -0.15) is 0 Å². The third kappa shape index (κ3) is 5.89. The number of ether oxygens (including phenoxy) is 1. The molecule has 8 nitrogen and oxygen atoms in total. The molecule has 0 aliphatic carbocycles. The van der Waals surface area contributed by atoms with Crippen LogP contribution in [0.3, 0.4) is 0 Å². The molecule has 1 aromatic heterocycles. The number of nitrogens with zero attached hydrogens (tertiary/aromatic N) is 4. The molecule has 8 heteroatoms. The number of piperazine rings is 1. The highest BCUT2D eigenvalue weighted by Crippen LogP contribution is 2.20. The second-order valence-corrected chi connectivity index (χ2v) is 8.32. The summed E-state index contributed by atoms with van der Waals surface area (Å²) in [7, 11) is 1.62. The Labute approximate surface area is 199 Å². The standard InChI is InChI=1S/C26H29N5O3/c1-19-4-5-21(16-23(19)34-2)17-24(32)29-22-8-6-20(7-9-22)18-25(33)30-12-14-31(15-13-30)26-27-10-3-11-28-26/h3-11,16H,12-15,17-18H2,1-2H3,(H,29,32). The van der Waals surface area contributed by atoms with E-state index in [1.807, 2.05) is 54.3 Å². The molecular weight excluding hydrogens is 430 g/mol. The maximum absolute atomic E-state index is 12.7. The highest BCUT2D eigenvalue weighted by atomic mass is 16.5. The van der Waals surface area contributed by atoms with Gasteiger partial charge in [0, 0.05) is 44.3 Å². The molecule has 0 radical (unpaired) electrons. The third-order valence-corrected chi connectivity index (χ3v) is 5.90. The number of nitrogens with one attached hydrogen (secondary N) is 1. The fourth-order valence-electron chi connectivity index (χ4n) is 3.97. The highest BCUT2D eigenvalue weighted by Gasteiger charge is 2.22. The van der Waals surface area contributed by atoms with Crippen LogP contribution in [0.15, 0.2) is 60.9 Å². The Morgan fingerprint density at radius 2 is 1.62 bits per heavy atom. The van der Waals surface area contributed by atoms with Gasteiger partial charge in [0.2, 0.25) is 17.8 Å². The Hall–Kier alpha value is -3.94. The minimum atomic E-state index is -0.102. The molecule has 0 atom stereocenters. The van der Waals surface area contributed by atoms with Gasteiger partial charge in [-0.05, 0) is 47.9 Å². The largest absolute Gasteiger partial charge is 0.496 e. The van der Waals surface area contributed by atoms with Gasteiger partial charge < -0.3 is 19.9 Å². The van der Waals surface area contributed by atoms with E-state index in [-0.39, 0.29) is 18.2 Å². The van der Waals surface area contributed by atoms with Crippen LogP contribution in [0.5, 0.6) is 5.75 Å². The summed E-state index contributed by atoms with van der Waals surface area (Å²) < 4.78 is 5.33. The third-order valence-electron chi connectivity index (χ3n) is 5.90. The molecule has 34 heavy (non-hydrogen) atoms. The Morgan fingerprint density at radius 3 is 2.29 bits per heavy atom. The minimum absolute atomic E-state index is 0.0960. The molecule has 0 saturated carbocycles. The summed E-state index contributed by atoms with van der Waals surface area (Å²) in [6.45, 7) is 4.69. The summed E-state index contributed by atoms with van der Waals surface area (Å²) in [6, 6.07) is 15.0.